The summed E-state index contributed by atoms with van der Waals surface area (Å²) in [7, 11) is 0. The van der Waals surface area contributed by atoms with Crippen LogP contribution in [0, 0.1) is 19.7 Å². The van der Waals surface area contributed by atoms with Gasteiger partial charge in [0.05, 0.1) is 11.4 Å². The molecule has 0 N–H and O–H groups in total. The minimum Gasteiger partial charge on any atom is -0.433 e. The number of benzene rings is 1. The number of hydrogen-bond acceptors (Lipinski definition) is 3. The lowest BCUT2D eigenvalue weighted by molar-refractivity contribution is 0.424. The molecule has 0 fully saturated rings. The van der Waals surface area contributed by atoms with Crippen LogP contribution >= 0.6 is 11.6 Å². The van der Waals surface area contributed by atoms with Crippen molar-refractivity contribution in [3.63, 3.8) is 0 Å². The quantitative estimate of drug-likeness (QED) is 0.818. The molecule has 0 radical (unpaired) electrons. The highest BCUT2D eigenvalue weighted by Crippen LogP contribution is 2.28. The van der Waals surface area contributed by atoms with Gasteiger partial charge in [-0.2, -0.15) is 0 Å². The first-order chi connectivity index (χ1) is 8.08. The van der Waals surface area contributed by atoms with Crippen LogP contribution in [0.2, 0.25) is 5.15 Å². The largest absolute Gasteiger partial charge is 0.433 e. The molecule has 0 aliphatic rings. The van der Waals surface area contributed by atoms with E-state index in [0.29, 0.717) is 5.69 Å². The van der Waals surface area contributed by atoms with Crippen molar-refractivity contribution in [1.82, 2.24) is 9.97 Å². The van der Waals surface area contributed by atoms with Gasteiger partial charge >= 0.3 is 0 Å². The van der Waals surface area contributed by atoms with Crippen molar-refractivity contribution < 1.29 is 9.13 Å². The lowest BCUT2D eigenvalue weighted by Gasteiger charge is -2.08. The monoisotopic (exact) mass is 252 g/mol. The number of para-hydroxylation sites is 1. The molecule has 3 nitrogen and oxygen atoms in total. The number of halogens is 2. The van der Waals surface area contributed by atoms with Gasteiger partial charge in [-0.1, -0.05) is 23.7 Å². The van der Waals surface area contributed by atoms with Gasteiger partial charge in [-0.3, -0.25) is 0 Å². The van der Waals surface area contributed by atoms with E-state index in [4.69, 9.17) is 16.3 Å². The van der Waals surface area contributed by atoms with E-state index in [1.807, 2.05) is 0 Å². The van der Waals surface area contributed by atoms with Gasteiger partial charge in [0, 0.05) is 0 Å². The Kier molecular flexibility index (Phi) is 3.24. The van der Waals surface area contributed by atoms with E-state index in [9.17, 15) is 4.39 Å². The Labute approximate surface area is 103 Å². The van der Waals surface area contributed by atoms with Crippen LogP contribution in [0.1, 0.15) is 11.4 Å². The van der Waals surface area contributed by atoms with Crippen molar-refractivity contribution in [2.24, 2.45) is 0 Å². The number of hydrogen-bond donors (Lipinski definition) is 0. The fraction of sp³-hybridized carbons (Fsp3) is 0.167. The minimum absolute atomic E-state index is 0.0759. The van der Waals surface area contributed by atoms with Gasteiger partial charge in [0.15, 0.2) is 16.7 Å². The van der Waals surface area contributed by atoms with E-state index < -0.39 is 5.82 Å². The van der Waals surface area contributed by atoms with Crippen molar-refractivity contribution in [2.75, 3.05) is 0 Å². The molecule has 88 valence electrons. The van der Waals surface area contributed by atoms with Crippen LogP contribution in [-0.4, -0.2) is 9.97 Å². The normalized spacial score (nSPS) is 10.4. The third kappa shape index (κ3) is 2.53. The van der Waals surface area contributed by atoms with E-state index in [1.54, 1.807) is 26.0 Å². The maximum absolute atomic E-state index is 13.4. The van der Waals surface area contributed by atoms with Crippen molar-refractivity contribution in [1.29, 1.82) is 0 Å². The van der Waals surface area contributed by atoms with E-state index in [-0.39, 0.29) is 16.8 Å². The smallest absolute Gasteiger partial charge is 0.258 e. The SMILES string of the molecule is Cc1nc(Cl)c(Oc2ccccc2F)nc1C. The zero-order chi connectivity index (χ0) is 12.4. The molecule has 0 unspecified atom stereocenters. The number of nitrogens with zero attached hydrogens (tertiary/aromatic N) is 2. The summed E-state index contributed by atoms with van der Waals surface area (Å²) >= 11 is 5.88. The highest BCUT2D eigenvalue weighted by molar-refractivity contribution is 6.30. The Bertz CT molecular complexity index is 560. The topological polar surface area (TPSA) is 35.0 Å². The highest BCUT2D eigenvalue weighted by atomic mass is 35.5. The molecule has 0 aliphatic carbocycles. The van der Waals surface area contributed by atoms with Crippen molar-refractivity contribution in [3.8, 4) is 11.6 Å². The molecule has 1 aromatic heterocycles. The number of aromatic nitrogens is 2. The van der Waals surface area contributed by atoms with Gasteiger partial charge in [0.1, 0.15) is 0 Å². The van der Waals surface area contributed by atoms with Crippen molar-refractivity contribution in [2.45, 2.75) is 13.8 Å². The van der Waals surface area contributed by atoms with E-state index >= 15 is 0 Å². The molecule has 0 amide bonds. The van der Waals surface area contributed by atoms with Crippen LogP contribution in [0.5, 0.6) is 11.6 Å². The average Bonchev–Trinajstić information content (AvgIpc) is 2.29. The van der Waals surface area contributed by atoms with Crippen LogP contribution in [-0.2, 0) is 0 Å². The Hall–Kier alpha value is -1.68. The van der Waals surface area contributed by atoms with E-state index in [0.717, 1.165) is 5.69 Å². The molecule has 0 saturated heterocycles. The van der Waals surface area contributed by atoms with Gasteiger partial charge in [0.2, 0.25) is 0 Å². The molecule has 0 spiro atoms. The Morgan fingerprint density at radius 1 is 1.12 bits per heavy atom. The number of aryl methyl sites for hydroxylation is 2. The summed E-state index contributed by atoms with van der Waals surface area (Å²) in [5, 5.41) is 0.122. The first-order valence-electron chi connectivity index (χ1n) is 5.01. The van der Waals surface area contributed by atoms with Gasteiger partial charge in [0.25, 0.3) is 5.88 Å². The zero-order valence-electron chi connectivity index (χ0n) is 9.37. The van der Waals surface area contributed by atoms with Crippen LogP contribution in [0.3, 0.4) is 0 Å². The van der Waals surface area contributed by atoms with E-state index in [2.05, 4.69) is 9.97 Å². The van der Waals surface area contributed by atoms with Crippen LogP contribution in [0.15, 0.2) is 24.3 Å². The third-order valence-corrected chi connectivity index (χ3v) is 2.52. The summed E-state index contributed by atoms with van der Waals surface area (Å²) in [6, 6.07) is 6.05. The minimum atomic E-state index is -0.469. The van der Waals surface area contributed by atoms with Crippen molar-refractivity contribution in [3.05, 3.63) is 46.6 Å². The standard InChI is InChI=1S/C12H10ClFN2O/c1-7-8(2)16-12(11(13)15-7)17-10-6-4-3-5-9(10)14/h3-6H,1-2H3. The lowest BCUT2D eigenvalue weighted by atomic mass is 10.3. The van der Waals surface area contributed by atoms with Crippen LogP contribution in [0.4, 0.5) is 4.39 Å². The number of ether oxygens (including phenoxy) is 1. The fourth-order valence-corrected chi connectivity index (χ4v) is 1.46. The second kappa shape index (κ2) is 4.67. The summed E-state index contributed by atoms with van der Waals surface area (Å²) < 4.78 is 18.7. The molecule has 2 aromatic rings. The second-order valence-corrected chi connectivity index (χ2v) is 3.88. The average molecular weight is 253 g/mol. The summed E-state index contributed by atoms with van der Waals surface area (Å²) in [6.45, 7) is 3.58. The molecule has 17 heavy (non-hydrogen) atoms. The van der Waals surface area contributed by atoms with Gasteiger partial charge in [-0.25, -0.2) is 14.4 Å². The zero-order valence-corrected chi connectivity index (χ0v) is 10.1. The first-order valence-corrected chi connectivity index (χ1v) is 5.39. The summed E-state index contributed by atoms with van der Waals surface area (Å²) in [5.74, 6) is -0.282. The number of rotatable bonds is 2. The molecule has 1 aromatic carbocycles. The first kappa shape index (κ1) is 11.8. The molecule has 0 saturated carbocycles. The van der Waals surface area contributed by atoms with Gasteiger partial charge in [-0.05, 0) is 26.0 Å². The fourth-order valence-electron chi connectivity index (χ4n) is 1.25. The van der Waals surface area contributed by atoms with E-state index in [1.165, 1.54) is 12.1 Å². The molecular formula is C12H10ClFN2O. The molecule has 5 heteroatoms. The summed E-state index contributed by atoms with van der Waals surface area (Å²) in [5.41, 5.74) is 1.41. The summed E-state index contributed by atoms with van der Waals surface area (Å²) in [6.07, 6.45) is 0. The molecular weight excluding hydrogens is 243 g/mol. The molecule has 0 atom stereocenters. The van der Waals surface area contributed by atoms with Crippen LogP contribution < -0.4 is 4.74 Å². The Balaban J connectivity index is 2.37. The maximum Gasteiger partial charge on any atom is 0.258 e. The molecule has 0 bridgehead atoms. The predicted octanol–water partition coefficient (Wildman–Crippen LogP) is 3.68. The third-order valence-electron chi connectivity index (χ3n) is 2.28. The van der Waals surface area contributed by atoms with Crippen LogP contribution in [0.25, 0.3) is 0 Å². The Morgan fingerprint density at radius 3 is 2.47 bits per heavy atom. The maximum atomic E-state index is 13.4. The molecule has 0 aliphatic heterocycles. The predicted molar refractivity (Wildman–Crippen MR) is 63.0 cm³/mol. The van der Waals surface area contributed by atoms with Crippen molar-refractivity contribution >= 4 is 11.6 Å². The van der Waals surface area contributed by atoms with Gasteiger partial charge < -0.3 is 4.74 Å². The lowest BCUT2D eigenvalue weighted by Crippen LogP contribution is -1.98. The highest BCUT2D eigenvalue weighted by Gasteiger charge is 2.11. The summed E-state index contributed by atoms with van der Waals surface area (Å²) in [4.78, 5) is 8.18. The molecule has 2 rings (SSSR count). The Morgan fingerprint density at radius 2 is 1.76 bits per heavy atom. The van der Waals surface area contributed by atoms with Gasteiger partial charge in [-0.15, -0.1) is 0 Å². The second-order valence-electron chi connectivity index (χ2n) is 3.52. The molecule has 1 heterocycles.